The molecule has 1 aliphatic rings. The van der Waals surface area contributed by atoms with Gasteiger partial charge in [-0.3, -0.25) is 4.79 Å². The van der Waals surface area contributed by atoms with Crippen LogP contribution in [0.15, 0.2) is 41.1 Å². The molecule has 0 bridgehead atoms. The van der Waals surface area contributed by atoms with E-state index in [0.29, 0.717) is 18.9 Å². The fourth-order valence-electron chi connectivity index (χ4n) is 2.78. The molecule has 1 N–H and O–H groups in total. The predicted molar refractivity (Wildman–Crippen MR) is 87.8 cm³/mol. The third-order valence-electron chi connectivity index (χ3n) is 4.01. The summed E-state index contributed by atoms with van der Waals surface area (Å²) in [5.74, 6) is 0.329. The lowest BCUT2D eigenvalue weighted by Gasteiger charge is -2.18. The quantitative estimate of drug-likeness (QED) is 0.919. The first-order valence-electron chi connectivity index (χ1n) is 7.49. The van der Waals surface area contributed by atoms with E-state index in [0.717, 1.165) is 30.8 Å². The van der Waals surface area contributed by atoms with Crippen LogP contribution < -0.4 is 10.2 Å². The average Bonchev–Trinajstić information content (AvgIpc) is 3.17. The molecule has 116 valence electrons. The van der Waals surface area contributed by atoms with E-state index in [4.69, 9.17) is 0 Å². The Hall–Kier alpha value is -1.88. The number of rotatable bonds is 5. The number of hydrogen-bond donors (Lipinski definition) is 1. The molecule has 1 amide bonds. The number of carbonyl (C=O) groups excluding carboxylic acids is 1. The average molecular weight is 318 g/mol. The number of amides is 1. The summed E-state index contributed by atoms with van der Waals surface area (Å²) in [6.07, 6.45) is 1.51. The molecule has 0 unspecified atom stereocenters. The molecule has 1 aromatic carbocycles. The van der Waals surface area contributed by atoms with Crippen molar-refractivity contribution < 1.29 is 9.18 Å². The molecular weight excluding hydrogens is 299 g/mol. The maximum Gasteiger partial charge on any atom is 0.224 e. The number of benzene rings is 1. The minimum Gasteiger partial charge on any atom is -0.371 e. The molecular formula is C17H19FN2OS. The molecule has 1 aromatic heterocycles. The van der Waals surface area contributed by atoms with Crippen molar-refractivity contribution in [3.8, 4) is 0 Å². The first-order valence-corrected chi connectivity index (χ1v) is 8.43. The highest BCUT2D eigenvalue weighted by Crippen LogP contribution is 2.23. The lowest BCUT2D eigenvalue weighted by molar-refractivity contribution is -0.120. The molecule has 3 nitrogen and oxygen atoms in total. The normalized spacial score (nSPS) is 17.7. The van der Waals surface area contributed by atoms with Crippen LogP contribution in [0.5, 0.6) is 0 Å². The third kappa shape index (κ3) is 3.85. The summed E-state index contributed by atoms with van der Waals surface area (Å²) in [6.45, 7) is 2.57. The molecule has 1 fully saturated rings. The van der Waals surface area contributed by atoms with E-state index >= 15 is 0 Å². The van der Waals surface area contributed by atoms with Gasteiger partial charge in [0.05, 0.1) is 6.42 Å². The number of hydrogen-bond acceptors (Lipinski definition) is 3. The summed E-state index contributed by atoms with van der Waals surface area (Å²) in [6, 6.07) is 8.59. The fourth-order valence-corrected chi connectivity index (χ4v) is 3.45. The molecule has 3 rings (SSSR count). The van der Waals surface area contributed by atoms with E-state index in [9.17, 15) is 9.18 Å². The topological polar surface area (TPSA) is 32.3 Å². The minimum absolute atomic E-state index is 0.0821. The number of nitrogens with zero attached hydrogens (tertiary/aromatic N) is 1. The van der Waals surface area contributed by atoms with E-state index in [-0.39, 0.29) is 11.7 Å². The molecule has 0 aliphatic carbocycles. The summed E-state index contributed by atoms with van der Waals surface area (Å²) >= 11 is 1.61. The molecule has 1 saturated heterocycles. The van der Waals surface area contributed by atoms with Crippen LogP contribution in [0.3, 0.4) is 0 Å². The highest BCUT2D eigenvalue weighted by atomic mass is 32.1. The highest BCUT2D eigenvalue weighted by molar-refractivity contribution is 7.07. The Labute approximate surface area is 133 Å². The maximum atomic E-state index is 13.0. The van der Waals surface area contributed by atoms with Gasteiger partial charge < -0.3 is 10.2 Å². The summed E-state index contributed by atoms with van der Waals surface area (Å²) in [7, 11) is 0. The summed E-state index contributed by atoms with van der Waals surface area (Å²) in [5, 5.41) is 7.01. The lowest BCUT2D eigenvalue weighted by atomic mass is 10.1. The van der Waals surface area contributed by atoms with E-state index in [1.54, 1.807) is 11.3 Å². The number of thiophene rings is 1. The van der Waals surface area contributed by atoms with Gasteiger partial charge in [0.25, 0.3) is 0 Å². The van der Waals surface area contributed by atoms with Crippen LogP contribution in [0, 0.1) is 11.7 Å². The minimum atomic E-state index is -0.208. The maximum absolute atomic E-state index is 13.0. The van der Waals surface area contributed by atoms with Crippen molar-refractivity contribution >= 4 is 22.9 Å². The molecule has 0 spiro atoms. The number of carbonyl (C=O) groups is 1. The standard InChI is InChI=1S/C17H19FN2OS/c18-15-1-3-16(4-2-15)20-7-5-14(11-20)10-19-17(21)9-13-6-8-22-12-13/h1-4,6,8,12,14H,5,7,9-11H2,(H,19,21)/t14-/m0/s1. The van der Waals surface area contributed by atoms with E-state index in [2.05, 4.69) is 10.2 Å². The van der Waals surface area contributed by atoms with Crippen molar-refractivity contribution in [2.45, 2.75) is 12.8 Å². The van der Waals surface area contributed by atoms with Crippen molar-refractivity contribution in [3.63, 3.8) is 0 Å². The third-order valence-corrected chi connectivity index (χ3v) is 4.74. The SMILES string of the molecule is O=C(Cc1ccsc1)NC[C@@H]1CCN(c2ccc(F)cc2)C1. The zero-order valence-electron chi connectivity index (χ0n) is 12.3. The highest BCUT2D eigenvalue weighted by Gasteiger charge is 2.23. The van der Waals surface area contributed by atoms with Gasteiger partial charge in [-0.1, -0.05) is 0 Å². The zero-order chi connectivity index (χ0) is 15.4. The Morgan fingerprint density at radius 3 is 2.86 bits per heavy atom. The lowest BCUT2D eigenvalue weighted by Crippen LogP contribution is -2.31. The van der Waals surface area contributed by atoms with Crippen LogP contribution in [0.1, 0.15) is 12.0 Å². The zero-order valence-corrected chi connectivity index (χ0v) is 13.1. The van der Waals surface area contributed by atoms with Crippen molar-refractivity contribution in [2.24, 2.45) is 5.92 Å². The van der Waals surface area contributed by atoms with Gasteiger partial charge in [0.2, 0.25) is 5.91 Å². The summed E-state index contributed by atoms with van der Waals surface area (Å²) in [4.78, 5) is 14.1. The fraction of sp³-hybridized carbons (Fsp3) is 0.353. The number of halogens is 1. The van der Waals surface area contributed by atoms with Gasteiger partial charge in [0, 0.05) is 25.3 Å². The Bertz CT molecular complexity index is 612. The van der Waals surface area contributed by atoms with Crippen molar-refractivity contribution in [2.75, 3.05) is 24.5 Å². The monoisotopic (exact) mass is 318 g/mol. The van der Waals surface area contributed by atoms with Gasteiger partial charge in [-0.15, -0.1) is 0 Å². The van der Waals surface area contributed by atoms with Gasteiger partial charge in [-0.05, 0) is 59.0 Å². The number of nitrogens with one attached hydrogen (secondary N) is 1. The van der Waals surface area contributed by atoms with Gasteiger partial charge >= 0.3 is 0 Å². The van der Waals surface area contributed by atoms with Crippen LogP contribution in [0.25, 0.3) is 0 Å². The predicted octanol–water partition coefficient (Wildman–Crippen LogP) is 3.07. The van der Waals surface area contributed by atoms with E-state index in [1.807, 2.05) is 29.0 Å². The van der Waals surface area contributed by atoms with Gasteiger partial charge in [0.1, 0.15) is 5.82 Å². The Morgan fingerprint density at radius 1 is 1.32 bits per heavy atom. The second-order valence-electron chi connectivity index (χ2n) is 5.69. The molecule has 0 saturated carbocycles. The van der Waals surface area contributed by atoms with Crippen LogP contribution in [0.2, 0.25) is 0 Å². The van der Waals surface area contributed by atoms with Crippen molar-refractivity contribution in [1.82, 2.24) is 5.32 Å². The first kappa shape index (κ1) is 15.0. The first-order chi connectivity index (χ1) is 10.7. The molecule has 1 atom stereocenters. The van der Waals surface area contributed by atoms with Crippen LogP contribution in [-0.4, -0.2) is 25.5 Å². The Balaban J connectivity index is 1.45. The Kier molecular flexibility index (Phi) is 4.73. The van der Waals surface area contributed by atoms with E-state index in [1.165, 1.54) is 12.1 Å². The van der Waals surface area contributed by atoms with Gasteiger partial charge in [-0.2, -0.15) is 11.3 Å². The molecule has 2 heterocycles. The van der Waals surface area contributed by atoms with Crippen molar-refractivity contribution in [3.05, 3.63) is 52.5 Å². The molecule has 5 heteroatoms. The molecule has 22 heavy (non-hydrogen) atoms. The number of anilines is 1. The molecule has 1 aliphatic heterocycles. The Morgan fingerprint density at radius 2 is 2.14 bits per heavy atom. The van der Waals surface area contributed by atoms with Gasteiger partial charge in [-0.25, -0.2) is 4.39 Å². The van der Waals surface area contributed by atoms with Crippen LogP contribution >= 0.6 is 11.3 Å². The van der Waals surface area contributed by atoms with E-state index < -0.39 is 0 Å². The molecule has 2 aromatic rings. The van der Waals surface area contributed by atoms with Crippen molar-refractivity contribution in [1.29, 1.82) is 0 Å². The van der Waals surface area contributed by atoms with Crippen LogP contribution in [0.4, 0.5) is 10.1 Å². The second kappa shape index (κ2) is 6.92. The molecule has 0 radical (unpaired) electrons. The second-order valence-corrected chi connectivity index (χ2v) is 6.47. The smallest absolute Gasteiger partial charge is 0.224 e. The summed E-state index contributed by atoms with van der Waals surface area (Å²) < 4.78 is 13.0. The largest absolute Gasteiger partial charge is 0.371 e. The van der Waals surface area contributed by atoms with Crippen LogP contribution in [-0.2, 0) is 11.2 Å². The van der Waals surface area contributed by atoms with Gasteiger partial charge in [0.15, 0.2) is 0 Å². The summed E-state index contributed by atoms with van der Waals surface area (Å²) in [5.41, 5.74) is 2.12.